The molecule has 112 valence electrons. The summed E-state index contributed by atoms with van der Waals surface area (Å²) in [5.41, 5.74) is 7.44. The lowest BCUT2D eigenvalue weighted by molar-refractivity contribution is 0.184. The van der Waals surface area contributed by atoms with Crippen LogP contribution in [0.15, 0.2) is 24.3 Å². The zero-order valence-electron chi connectivity index (χ0n) is 12.6. The van der Waals surface area contributed by atoms with E-state index in [4.69, 9.17) is 17.3 Å². The third-order valence-electron chi connectivity index (χ3n) is 3.99. The molecule has 0 radical (unpaired) electrons. The van der Waals surface area contributed by atoms with Gasteiger partial charge in [-0.25, -0.2) is 0 Å². The van der Waals surface area contributed by atoms with Crippen molar-refractivity contribution in [3.63, 3.8) is 0 Å². The quantitative estimate of drug-likeness (QED) is 0.916. The van der Waals surface area contributed by atoms with Crippen molar-refractivity contribution < 1.29 is 0 Å². The Kier molecular flexibility index (Phi) is 5.41. The molecule has 0 bridgehead atoms. The molecule has 1 aromatic carbocycles. The Hall–Kier alpha value is -0.220. The Morgan fingerprint density at radius 3 is 2.65 bits per heavy atom. The molecule has 0 aromatic heterocycles. The van der Waals surface area contributed by atoms with Crippen LogP contribution >= 0.6 is 23.4 Å². The largest absolute Gasteiger partial charge is 0.326 e. The molecule has 0 amide bonds. The van der Waals surface area contributed by atoms with E-state index in [9.17, 15) is 0 Å². The van der Waals surface area contributed by atoms with E-state index < -0.39 is 0 Å². The summed E-state index contributed by atoms with van der Waals surface area (Å²) >= 11 is 8.45. The number of hydrogen-bond acceptors (Lipinski definition) is 3. The standard InChI is InChI=1S/C16H25ClN2S/c1-12(18)15(13-6-4-5-7-14(13)17)19-9-8-16(2,3)20-11-10-19/h4-7,12,15H,8-11,18H2,1-3H3. The summed E-state index contributed by atoms with van der Waals surface area (Å²) in [6.07, 6.45) is 1.19. The molecule has 20 heavy (non-hydrogen) atoms. The van der Waals surface area contributed by atoms with E-state index in [0.717, 1.165) is 29.4 Å². The van der Waals surface area contributed by atoms with E-state index in [2.05, 4.69) is 43.5 Å². The van der Waals surface area contributed by atoms with E-state index in [1.54, 1.807) is 0 Å². The number of halogens is 1. The summed E-state index contributed by atoms with van der Waals surface area (Å²) in [5, 5.41) is 0.825. The molecule has 1 aliphatic rings. The van der Waals surface area contributed by atoms with Crippen molar-refractivity contribution in [2.75, 3.05) is 18.8 Å². The molecule has 2 nitrogen and oxygen atoms in total. The molecule has 4 heteroatoms. The van der Waals surface area contributed by atoms with Crippen molar-refractivity contribution in [3.8, 4) is 0 Å². The lowest BCUT2D eigenvalue weighted by Crippen LogP contribution is -2.41. The first-order chi connectivity index (χ1) is 9.41. The highest BCUT2D eigenvalue weighted by Gasteiger charge is 2.30. The van der Waals surface area contributed by atoms with Crippen LogP contribution in [0.2, 0.25) is 5.02 Å². The maximum Gasteiger partial charge on any atom is 0.0511 e. The number of thioether (sulfide) groups is 1. The van der Waals surface area contributed by atoms with Crippen molar-refractivity contribution in [1.29, 1.82) is 0 Å². The third-order valence-corrected chi connectivity index (χ3v) is 5.70. The summed E-state index contributed by atoms with van der Waals surface area (Å²) in [7, 11) is 0. The van der Waals surface area contributed by atoms with Crippen LogP contribution in [0.3, 0.4) is 0 Å². The topological polar surface area (TPSA) is 29.3 Å². The van der Waals surface area contributed by atoms with Crippen LogP contribution in [0.25, 0.3) is 0 Å². The highest BCUT2D eigenvalue weighted by atomic mass is 35.5. The molecule has 0 aliphatic carbocycles. The molecule has 2 unspecified atom stereocenters. The fraction of sp³-hybridized carbons (Fsp3) is 0.625. The van der Waals surface area contributed by atoms with Crippen LogP contribution in [-0.2, 0) is 0 Å². The molecule has 1 heterocycles. The van der Waals surface area contributed by atoms with Gasteiger partial charge in [0.1, 0.15) is 0 Å². The molecule has 1 saturated heterocycles. The zero-order chi connectivity index (χ0) is 14.8. The first-order valence-electron chi connectivity index (χ1n) is 7.29. The van der Waals surface area contributed by atoms with Crippen molar-refractivity contribution >= 4 is 23.4 Å². The second kappa shape index (κ2) is 6.69. The monoisotopic (exact) mass is 312 g/mol. The molecule has 1 aromatic rings. The number of hydrogen-bond donors (Lipinski definition) is 1. The summed E-state index contributed by atoms with van der Waals surface area (Å²) in [6, 6.07) is 8.38. The Labute approximate surface area is 132 Å². The van der Waals surface area contributed by atoms with Crippen LogP contribution in [0.4, 0.5) is 0 Å². The molecular weight excluding hydrogens is 288 g/mol. The molecule has 2 atom stereocenters. The molecular formula is C16H25ClN2S. The Balaban J connectivity index is 2.23. The van der Waals surface area contributed by atoms with Crippen molar-refractivity contribution in [2.45, 2.75) is 44.0 Å². The maximum absolute atomic E-state index is 6.39. The average molecular weight is 313 g/mol. The third kappa shape index (κ3) is 3.91. The minimum Gasteiger partial charge on any atom is -0.326 e. The Morgan fingerprint density at radius 1 is 1.30 bits per heavy atom. The Morgan fingerprint density at radius 2 is 2.00 bits per heavy atom. The van der Waals surface area contributed by atoms with Gasteiger partial charge >= 0.3 is 0 Å². The summed E-state index contributed by atoms with van der Waals surface area (Å²) in [6.45, 7) is 8.90. The maximum atomic E-state index is 6.39. The average Bonchev–Trinajstić information content (AvgIpc) is 2.53. The highest BCUT2D eigenvalue weighted by molar-refractivity contribution is 8.00. The molecule has 2 N–H and O–H groups in total. The first-order valence-corrected chi connectivity index (χ1v) is 8.65. The number of nitrogens with two attached hydrogens (primary N) is 1. The van der Waals surface area contributed by atoms with E-state index in [-0.39, 0.29) is 12.1 Å². The van der Waals surface area contributed by atoms with Crippen LogP contribution in [0, 0.1) is 0 Å². The molecule has 1 aliphatic heterocycles. The summed E-state index contributed by atoms with van der Waals surface area (Å²) < 4.78 is 0.359. The minimum atomic E-state index is 0.0705. The predicted octanol–water partition coefficient (Wildman–Crippen LogP) is 3.95. The van der Waals surface area contributed by atoms with Crippen LogP contribution in [0.5, 0.6) is 0 Å². The molecule has 1 fully saturated rings. The van der Waals surface area contributed by atoms with Gasteiger partial charge in [0.05, 0.1) is 6.04 Å². The number of rotatable bonds is 3. The fourth-order valence-electron chi connectivity index (χ4n) is 2.84. The van der Waals surface area contributed by atoms with Gasteiger partial charge in [0.25, 0.3) is 0 Å². The van der Waals surface area contributed by atoms with Crippen molar-refractivity contribution in [1.82, 2.24) is 4.90 Å². The lowest BCUT2D eigenvalue weighted by Gasteiger charge is -2.34. The van der Waals surface area contributed by atoms with Gasteiger partial charge in [-0.15, -0.1) is 0 Å². The van der Waals surface area contributed by atoms with Crippen LogP contribution < -0.4 is 5.73 Å². The second-order valence-corrected chi connectivity index (χ2v) is 8.43. The van der Waals surface area contributed by atoms with Gasteiger partial charge in [-0.05, 0) is 25.0 Å². The SMILES string of the molecule is CC(N)C(c1ccccc1Cl)N1CCSC(C)(C)CC1. The van der Waals surface area contributed by atoms with Gasteiger partial charge in [0.2, 0.25) is 0 Å². The minimum absolute atomic E-state index is 0.0705. The van der Waals surface area contributed by atoms with Gasteiger partial charge in [-0.3, -0.25) is 4.90 Å². The summed E-state index contributed by atoms with van der Waals surface area (Å²) in [5.74, 6) is 1.15. The molecule has 0 saturated carbocycles. The van der Waals surface area contributed by atoms with Gasteiger partial charge in [0, 0.05) is 34.7 Å². The van der Waals surface area contributed by atoms with Crippen molar-refractivity contribution in [3.05, 3.63) is 34.9 Å². The van der Waals surface area contributed by atoms with Gasteiger partial charge in [0.15, 0.2) is 0 Å². The van der Waals surface area contributed by atoms with Crippen LogP contribution in [0.1, 0.15) is 38.8 Å². The van der Waals surface area contributed by atoms with Gasteiger partial charge in [-0.1, -0.05) is 43.6 Å². The smallest absolute Gasteiger partial charge is 0.0511 e. The fourth-order valence-corrected chi connectivity index (χ4v) is 4.20. The molecule has 2 rings (SSSR count). The number of nitrogens with zero attached hydrogens (tertiary/aromatic N) is 1. The van der Waals surface area contributed by atoms with E-state index in [0.29, 0.717) is 4.75 Å². The lowest BCUT2D eigenvalue weighted by atomic mass is 9.98. The second-order valence-electron chi connectivity index (χ2n) is 6.22. The van der Waals surface area contributed by atoms with Crippen molar-refractivity contribution in [2.24, 2.45) is 5.73 Å². The number of benzene rings is 1. The zero-order valence-corrected chi connectivity index (χ0v) is 14.2. The van der Waals surface area contributed by atoms with Gasteiger partial charge < -0.3 is 5.73 Å². The first kappa shape index (κ1) is 16.2. The van der Waals surface area contributed by atoms with Gasteiger partial charge in [-0.2, -0.15) is 11.8 Å². The molecule has 0 spiro atoms. The van der Waals surface area contributed by atoms with E-state index in [1.807, 2.05) is 18.2 Å². The normalized spacial score (nSPS) is 23.1. The van der Waals surface area contributed by atoms with Crippen LogP contribution in [-0.4, -0.2) is 34.5 Å². The highest BCUT2D eigenvalue weighted by Crippen LogP contribution is 2.35. The summed E-state index contributed by atoms with van der Waals surface area (Å²) in [4.78, 5) is 2.51. The Bertz CT molecular complexity index is 448. The van der Waals surface area contributed by atoms with E-state index in [1.165, 1.54) is 6.42 Å². The predicted molar refractivity (Wildman–Crippen MR) is 90.6 cm³/mol. The van der Waals surface area contributed by atoms with E-state index >= 15 is 0 Å².